The molecule has 0 saturated heterocycles. The van der Waals surface area contributed by atoms with Crippen LogP contribution in [-0.4, -0.2) is 18.3 Å². The standard InChI is InChI=1S/C62H42N2.C52H35N3/c1-41-27-29-42(30-28-41)43-15-14-20-48(37-43)63-58-25-12-9-22-51(58)54-38-44(31-35-60(54)63)45-32-36-61-55(39-45)52-23-10-13-26-59(52)64(61)49-33-34-57-53(40-49)50-21-8-11-24-56(50)62(57,46-16-4-2-5-17-46)47-18-6-3-7-19-47;1-52(2)45-20-6-3-16-39(45)42-19-11-23-50(51(42)52)55-47-22-8-5-18-41(47)44-31-37(25-27-49(44)55)36-24-26-48-43(30-36)40-17-4-7-21-46(40)54(48)38-15-10-14-35(29-38)34-13-9-12-33(28-34)32-53/h2-40H,1H3;3-31H,1-2H3. The van der Waals surface area contributed by atoms with Crippen LogP contribution in [0.1, 0.15) is 58.4 Å². The van der Waals surface area contributed by atoms with Crippen LogP contribution in [-0.2, 0) is 10.8 Å². The molecule has 0 amide bonds. The maximum Gasteiger partial charge on any atom is 0.0991 e. The van der Waals surface area contributed by atoms with E-state index in [-0.39, 0.29) is 5.41 Å². The molecule has 0 radical (unpaired) electrons. The van der Waals surface area contributed by atoms with Gasteiger partial charge in [-0.15, -0.1) is 0 Å². The van der Waals surface area contributed by atoms with Gasteiger partial charge in [0.25, 0.3) is 0 Å². The average molecular weight is 1520 g/mol. The summed E-state index contributed by atoms with van der Waals surface area (Å²) in [6.07, 6.45) is 0. The molecule has 4 heterocycles. The van der Waals surface area contributed by atoms with Gasteiger partial charge in [-0.2, -0.15) is 5.26 Å². The Morgan fingerprint density at radius 2 is 0.588 bits per heavy atom. The minimum Gasteiger partial charge on any atom is -0.309 e. The number of benzene rings is 18. The van der Waals surface area contributed by atoms with Gasteiger partial charge in [0.1, 0.15) is 0 Å². The molecule has 2 aliphatic carbocycles. The van der Waals surface area contributed by atoms with Crippen LogP contribution in [0.3, 0.4) is 0 Å². The van der Waals surface area contributed by atoms with Crippen molar-refractivity contribution in [1.29, 1.82) is 5.26 Å². The minimum absolute atomic E-state index is 0.126. The van der Waals surface area contributed by atoms with E-state index >= 15 is 0 Å². The Morgan fingerprint density at radius 3 is 1.08 bits per heavy atom. The van der Waals surface area contributed by atoms with Crippen LogP contribution < -0.4 is 0 Å². The zero-order valence-corrected chi connectivity index (χ0v) is 66.0. The largest absolute Gasteiger partial charge is 0.309 e. The fourth-order valence-electron chi connectivity index (χ4n) is 20.4. The maximum absolute atomic E-state index is 9.52. The first-order valence-electron chi connectivity index (χ1n) is 41.2. The number of rotatable bonds is 10. The molecule has 4 aromatic heterocycles. The van der Waals surface area contributed by atoms with Crippen molar-refractivity contribution in [3.63, 3.8) is 0 Å². The highest BCUT2D eigenvalue weighted by Crippen LogP contribution is 2.58. The number of aryl methyl sites for hydroxylation is 1. The van der Waals surface area contributed by atoms with E-state index in [2.05, 4.69) is 439 Å². The van der Waals surface area contributed by atoms with Crippen molar-refractivity contribution < 1.29 is 0 Å². The van der Waals surface area contributed by atoms with Crippen molar-refractivity contribution in [2.75, 3.05) is 0 Å². The minimum atomic E-state index is -0.429. The number of nitrogens with zero attached hydrogens (tertiary/aromatic N) is 5. The Morgan fingerprint density at radius 1 is 0.235 bits per heavy atom. The number of fused-ring (bicyclic) bond motifs is 18. The Bertz CT molecular complexity index is 7930. The molecular formula is C114H77N5. The third-order valence-corrected chi connectivity index (χ3v) is 25.8. The third-order valence-electron chi connectivity index (χ3n) is 25.8. The molecule has 0 aliphatic heterocycles. The zero-order valence-electron chi connectivity index (χ0n) is 66.0. The second kappa shape index (κ2) is 27.2. The lowest BCUT2D eigenvalue weighted by molar-refractivity contribution is 0.656. The molecule has 0 unspecified atom stereocenters. The summed E-state index contributed by atoms with van der Waals surface area (Å²) in [4.78, 5) is 0. The molecule has 5 heteroatoms. The van der Waals surface area contributed by atoms with Crippen LogP contribution >= 0.6 is 0 Å². The van der Waals surface area contributed by atoms with Gasteiger partial charge in [0, 0.05) is 65.6 Å². The lowest BCUT2D eigenvalue weighted by atomic mass is 9.68. The SMILES string of the molecule is CC1(C)c2ccccc2-c2cccc(-n3c4ccccc4c4cc(-c5ccc6c(c5)c5ccccc5n6-c5cccc(-c6cccc(C#N)c6)c5)ccc43)c21.Cc1ccc(-c2cccc(-n3c4ccccc4c4cc(-c5ccc6c(c5)c5ccccc5n6-c5ccc6c(c5)-c5ccccc5C6(c5ccccc5)c5ccccc5)ccc43)c2)cc1. The van der Waals surface area contributed by atoms with E-state index in [1.165, 1.54) is 176 Å². The van der Waals surface area contributed by atoms with Crippen LogP contribution in [0.2, 0.25) is 0 Å². The molecule has 0 bridgehead atoms. The Labute approximate surface area is 690 Å². The quantitative estimate of drug-likeness (QED) is 0.135. The van der Waals surface area contributed by atoms with Crippen molar-refractivity contribution in [3.05, 3.63) is 457 Å². The van der Waals surface area contributed by atoms with Crippen molar-refractivity contribution in [2.24, 2.45) is 0 Å². The summed E-state index contributed by atoms with van der Waals surface area (Å²) in [5.74, 6) is 0. The Balaban J connectivity index is 0.000000141. The van der Waals surface area contributed by atoms with E-state index in [4.69, 9.17) is 0 Å². The van der Waals surface area contributed by atoms with E-state index in [9.17, 15) is 5.26 Å². The highest BCUT2D eigenvalue weighted by Gasteiger charge is 2.46. The molecule has 0 fully saturated rings. The molecule has 18 aromatic carbocycles. The summed E-state index contributed by atoms with van der Waals surface area (Å²) < 4.78 is 9.73. The molecule has 0 N–H and O–H groups in total. The van der Waals surface area contributed by atoms with Crippen LogP contribution in [0.25, 0.3) is 177 Å². The summed E-state index contributed by atoms with van der Waals surface area (Å²) in [5.41, 5.74) is 38.1. The van der Waals surface area contributed by atoms with E-state index in [1.54, 1.807) is 0 Å². The third kappa shape index (κ3) is 10.7. The van der Waals surface area contributed by atoms with Gasteiger partial charge in [0.15, 0.2) is 0 Å². The zero-order chi connectivity index (χ0) is 79.2. The fourth-order valence-corrected chi connectivity index (χ4v) is 20.4. The smallest absolute Gasteiger partial charge is 0.0991 e. The van der Waals surface area contributed by atoms with E-state index < -0.39 is 5.41 Å². The molecule has 24 rings (SSSR count). The molecule has 0 spiro atoms. The molecule has 22 aromatic rings. The number of para-hydroxylation sites is 4. The van der Waals surface area contributed by atoms with Crippen LogP contribution in [0, 0.1) is 18.3 Å². The van der Waals surface area contributed by atoms with Gasteiger partial charge >= 0.3 is 0 Å². The average Bonchev–Trinajstić information content (AvgIpc) is 1.54. The normalized spacial score (nSPS) is 13.0. The first-order chi connectivity index (χ1) is 58.6. The molecule has 2 aliphatic rings. The summed E-state index contributed by atoms with van der Waals surface area (Å²) in [6, 6.07) is 154. The van der Waals surface area contributed by atoms with E-state index in [0.717, 1.165) is 39.2 Å². The molecular weight excluding hydrogens is 1440 g/mol. The second-order valence-electron chi connectivity index (χ2n) is 32.6. The highest BCUT2D eigenvalue weighted by atomic mass is 15.0. The summed E-state index contributed by atoms with van der Waals surface area (Å²) in [5, 5.41) is 19.4. The lowest BCUT2D eigenvalue weighted by Crippen LogP contribution is -2.28. The predicted octanol–water partition coefficient (Wildman–Crippen LogP) is 29.3. The van der Waals surface area contributed by atoms with E-state index in [1.807, 2.05) is 18.2 Å². The van der Waals surface area contributed by atoms with Crippen LogP contribution in [0.5, 0.6) is 0 Å². The predicted molar refractivity (Wildman–Crippen MR) is 496 cm³/mol. The van der Waals surface area contributed by atoms with Crippen molar-refractivity contribution in [3.8, 4) is 95.6 Å². The van der Waals surface area contributed by atoms with E-state index in [0.29, 0.717) is 5.56 Å². The Hall–Kier alpha value is -15.4. The first kappa shape index (κ1) is 69.2. The topological polar surface area (TPSA) is 43.5 Å². The first-order valence-corrected chi connectivity index (χ1v) is 41.2. The number of nitriles is 1. The number of aromatic nitrogens is 4. The van der Waals surface area contributed by atoms with Gasteiger partial charge < -0.3 is 18.3 Å². The van der Waals surface area contributed by atoms with Gasteiger partial charge in [0.05, 0.1) is 66.9 Å². The molecule has 0 atom stereocenters. The van der Waals surface area contributed by atoms with Gasteiger partial charge in [-0.05, 0) is 234 Å². The van der Waals surface area contributed by atoms with Gasteiger partial charge in [-0.3, -0.25) is 0 Å². The van der Waals surface area contributed by atoms with Crippen molar-refractivity contribution in [2.45, 2.75) is 31.6 Å². The maximum atomic E-state index is 9.52. The van der Waals surface area contributed by atoms with Crippen molar-refractivity contribution in [1.82, 2.24) is 18.3 Å². The summed E-state index contributed by atoms with van der Waals surface area (Å²) in [6.45, 7) is 6.87. The van der Waals surface area contributed by atoms with Gasteiger partial charge in [-0.25, -0.2) is 0 Å². The van der Waals surface area contributed by atoms with Crippen LogP contribution in [0.4, 0.5) is 0 Å². The summed E-state index contributed by atoms with van der Waals surface area (Å²) in [7, 11) is 0. The second-order valence-corrected chi connectivity index (χ2v) is 32.6. The monoisotopic (exact) mass is 1520 g/mol. The lowest BCUT2D eigenvalue weighted by Gasteiger charge is -2.33. The highest BCUT2D eigenvalue weighted by molar-refractivity contribution is 6.15. The molecule has 0 saturated carbocycles. The summed E-state index contributed by atoms with van der Waals surface area (Å²) >= 11 is 0. The number of hydrogen-bond acceptors (Lipinski definition) is 1. The number of hydrogen-bond donors (Lipinski definition) is 0. The van der Waals surface area contributed by atoms with Crippen molar-refractivity contribution >= 4 is 87.2 Å². The Kier molecular flexibility index (Phi) is 15.8. The van der Waals surface area contributed by atoms with Crippen LogP contribution in [0.15, 0.2) is 413 Å². The van der Waals surface area contributed by atoms with Gasteiger partial charge in [0.2, 0.25) is 0 Å². The fraction of sp³-hybridized carbons (Fsp3) is 0.0439. The molecule has 558 valence electrons. The molecule has 5 nitrogen and oxygen atoms in total. The van der Waals surface area contributed by atoms with Gasteiger partial charge in [-0.1, -0.05) is 305 Å². The molecule has 119 heavy (non-hydrogen) atoms.